The molecule has 0 fully saturated rings. The van der Waals surface area contributed by atoms with Crippen LogP contribution in [0.3, 0.4) is 0 Å². The second-order valence-corrected chi connectivity index (χ2v) is 4.85. The molecule has 0 aliphatic heterocycles. The normalized spacial score (nSPS) is 11.7. The second-order valence-electron chi connectivity index (χ2n) is 3.59. The number of carbonyl (C=O) groups excluding carboxylic acids is 1. The summed E-state index contributed by atoms with van der Waals surface area (Å²) in [6.45, 7) is -1.88. The van der Waals surface area contributed by atoms with Crippen LogP contribution in [0.15, 0.2) is 16.6 Å². The Kier molecular flexibility index (Phi) is 5.76. The number of hydrogen-bond acceptors (Lipinski definition) is 2. The second kappa shape index (κ2) is 6.67. The molecule has 0 bridgehead atoms. The summed E-state index contributed by atoms with van der Waals surface area (Å²) in [5.74, 6) is -1.47. The highest BCUT2D eigenvalue weighted by Gasteiger charge is 2.27. The fourth-order valence-electron chi connectivity index (χ4n) is 1.22. The minimum atomic E-state index is -4.45. The van der Waals surface area contributed by atoms with E-state index in [1.165, 1.54) is 0 Å². The lowest BCUT2D eigenvalue weighted by Gasteiger charge is -2.08. The van der Waals surface area contributed by atoms with E-state index in [4.69, 9.17) is 11.6 Å². The SMILES string of the molecule is O=C(CCOCC(F)(F)F)c1cc(Cl)c(Br)cc1F. The summed E-state index contributed by atoms with van der Waals surface area (Å²) in [5.41, 5.74) is -0.274. The highest BCUT2D eigenvalue weighted by molar-refractivity contribution is 9.10. The maximum Gasteiger partial charge on any atom is 0.411 e. The van der Waals surface area contributed by atoms with Gasteiger partial charge in [0.25, 0.3) is 0 Å². The van der Waals surface area contributed by atoms with Crippen LogP contribution in [0.4, 0.5) is 17.6 Å². The Balaban J connectivity index is 2.57. The Bertz CT molecular complexity index is 476. The van der Waals surface area contributed by atoms with Crippen LogP contribution in [-0.2, 0) is 4.74 Å². The molecule has 0 unspecified atom stereocenters. The Morgan fingerprint density at radius 2 is 2.00 bits per heavy atom. The van der Waals surface area contributed by atoms with Gasteiger partial charge in [0.1, 0.15) is 12.4 Å². The summed E-state index contributed by atoms with van der Waals surface area (Å²) in [7, 11) is 0. The van der Waals surface area contributed by atoms with E-state index in [1.807, 2.05) is 0 Å². The number of carbonyl (C=O) groups is 1. The molecule has 0 atom stereocenters. The van der Waals surface area contributed by atoms with Gasteiger partial charge in [-0.2, -0.15) is 13.2 Å². The first-order valence-corrected chi connectivity index (χ1v) is 6.20. The molecular weight excluding hydrogens is 355 g/mol. The summed E-state index contributed by atoms with van der Waals surface area (Å²) < 4.78 is 53.3. The van der Waals surface area contributed by atoms with Crippen LogP contribution in [0.5, 0.6) is 0 Å². The molecule has 0 aromatic heterocycles. The first-order valence-electron chi connectivity index (χ1n) is 5.03. The number of ether oxygens (including phenoxy) is 1. The molecule has 0 N–H and O–H groups in total. The van der Waals surface area contributed by atoms with Crippen molar-refractivity contribution in [1.29, 1.82) is 0 Å². The topological polar surface area (TPSA) is 26.3 Å². The highest BCUT2D eigenvalue weighted by Crippen LogP contribution is 2.26. The summed E-state index contributed by atoms with van der Waals surface area (Å²) in [5, 5.41) is 0.140. The molecular formula is C11H8BrClF4O2. The minimum absolute atomic E-state index is 0.140. The van der Waals surface area contributed by atoms with E-state index in [2.05, 4.69) is 20.7 Å². The van der Waals surface area contributed by atoms with Crippen molar-refractivity contribution in [2.75, 3.05) is 13.2 Å². The Hall–Kier alpha value is -0.660. The fourth-order valence-corrected chi connectivity index (χ4v) is 1.70. The number of Topliss-reactive ketones (excluding diaryl/α,β-unsaturated/α-hetero) is 1. The van der Waals surface area contributed by atoms with Crippen LogP contribution in [0.2, 0.25) is 5.02 Å². The molecule has 8 heteroatoms. The van der Waals surface area contributed by atoms with Crippen LogP contribution in [0.1, 0.15) is 16.8 Å². The van der Waals surface area contributed by atoms with Crippen molar-refractivity contribution in [1.82, 2.24) is 0 Å². The number of rotatable bonds is 5. The zero-order valence-corrected chi connectivity index (χ0v) is 11.7. The zero-order chi connectivity index (χ0) is 14.6. The number of alkyl halides is 3. The fraction of sp³-hybridized carbons (Fsp3) is 0.364. The van der Waals surface area contributed by atoms with Crippen LogP contribution in [-0.4, -0.2) is 25.2 Å². The maximum absolute atomic E-state index is 13.4. The van der Waals surface area contributed by atoms with Crippen LogP contribution in [0.25, 0.3) is 0 Å². The molecule has 19 heavy (non-hydrogen) atoms. The number of hydrogen-bond donors (Lipinski definition) is 0. The molecule has 1 aromatic carbocycles. The van der Waals surface area contributed by atoms with Crippen LogP contribution >= 0.6 is 27.5 Å². The van der Waals surface area contributed by atoms with Crippen molar-refractivity contribution in [2.45, 2.75) is 12.6 Å². The Morgan fingerprint density at radius 1 is 1.37 bits per heavy atom. The van der Waals surface area contributed by atoms with Gasteiger partial charge in [-0.3, -0.25) is 4.79 Å². The minimum Gasteiger partial charge on any atom is -0.372 e. The lowest BCUT2D eigenvalue weighted by atomic mass is 10.1. The van der Waals surface area contributed by atoms with E-state index in [0.717, 1.165) is 12.1 Å². The molecule has 0 saturated heterocycles. The maximum atomic E-state index is 13.4. The van der Waals surface area contributed by atoms with Gasteiger partial charge in [-0.05, 0) is 28.1 Å². The number of benzene rings is 1. The van der Waals surface area contributed by atoms with Gasteiger partial charge in [0.2, 0.25) is 0 Å². The predicted octanol–water partition coefficient (Wildman–Crippen LogP) is 4.39. The number of ketones is 1. The van der Waals surface area contributed by atoms with Crippen LogP contribution in [0, 0.1) is 5.82 Å². The van der Waals surface area contributed by atoms with Gasteiger partial charge in [-0.15, -0.1) is 0 Å². The average molecular weight is 364 g/mol. The third-order valence-electron chi connectivity index (χ3n) is 2.05. The molecule has 0 radical (unpaired) electrons. The van der Waals surface area contributed by atoms with Crippen molar-refractivity contribution in [3.8, 4) is 0 Å². The molecule has 0 spiro atoms. The summed E-state index contributed by atoms with van der Waals surface area (Å²) in [6, 6.07) is 2.14. The van der Waals surface area contributed by atoms with Crippen molar-refractivity contribution in [3.63, 3.8) is 0 Å². The monoisotopic (exact) mass is 362 g/mol. The lowest BCUT2D eigenvalue weighted by Crippen LogP contribution is -2.18. The number of halogens is 6. The highest BCUT2D eigenvalue weighted by atomic mass is 79.9. The van der Waals surface area contributed by atoms with Gasteiger partial charge in [-0.25, -0.2) is 4.39 Å². The molecule has 2 nitrogen and oxygen atoms in total. The van der Waals surface area contributed by atoms with Gasteiger partial charge in [0.05, 0.1) is 17.2 Å². The first kappa shape index (κ1) is 16.4. The third-order valence-corrected chi connectivity index (χ3v) is 3.25. The molecule has 0 heterocycles. The standard InChI is InChI=1S/C11H8BrClF4O2/c12-7-4-9(14)6(3-8(7)13)10(18)1-2-19-5-11(15,16)17/h3-4H,1-2,5H2. The van der Waals surface area contributed by atoms with Gasteiger partial charge < -0.3 is 4.74 Å². The lowest BCUT2D eigenvalue weighted by molar-refractivity contribution is -0.173. The smallest absolute Gasteiger partial charge is 0.372 e. The van der Waals surface area contributed by atoms with E-state index in [1.54, 1.807) is 0 Å². The molecule has 106 valence electrons. The predicted molar refractivity (Wildman–Crippen MR) is 64.9 cm³/mol. The van der Waals surface area contributed by atoms with Gasteiger partial charge >= 0.3 is 6.18 Å². The van der Waals surface area contributed by atoms with E-state index in [9.17, 15) is 22.4 Å². The quantitative estimate of drug-likeness (QED) is 0.336. The molecule has 0 saturated carbocycles. The molecule has 1 rings (SSSR count). The molecule has 0 aliphatic carbocycles. The van der Waals surface area contributed by atoms with E-state index in [0.29, 0.717) is 0 Å². The molecule has 1 aromatic rings. The van der Waals surface area contributed by atoms with E-state index in [-0.39, 0.29) is 21.5 Å². The Morgan fingerprint density at radius 3 is 2.58 bits per heavy atom. The molecule has 0 aliphatic rings. The summed E-state index contributed by atoms with van der Waals surface area (Å²) in [6.07, 6.45) is -4.81. The summed E-state index contributed by atoms with van der Waals surface area (Å²) in [4.78, 5) is 11.6. The Labute approximate surface area is 119 Å². The van der Waals surface area contributed by atoms with E-state index < -0.39 is 31.0 Å². The van der Waals surface area contributed by atoms with Crippen molar-refractivity contribution in [2.24, 2.45) is 0 Å². The van der Waals surface area contributed by atoms with Crippen LogP contribution < -0.4 is 0 Å². The van der Waals surface area contributed by atoms with Gasteiger partial charge in [0, 0.05) is 10.9 Å². The van der Waals surface area contributed by atoms with Gasteiger partial charge in [0.15, 0.2) is 5.78 Å². The van der Waals surface area contributed by atoms with Gasteiger partial charge in [-0.1, -0.05) is 11.6 Å². The zero-order valence-electron chi connectivity index (χ0n) is 9.36. The third kappa shape index (κ3) is 5.46. The summed E-state index contributed by atoms with van der Waals surface area (Å²) >= 11 is 8.69. The largest absolute Gasteiger partial charge is 0.411 e. The first-order chi connectivity index (χ1) is 8.70. The average Bonchev–Trinajstić information content (AvgIpc) is 2.28. The van der Waals surface area contributed by atoms with E-state index >= 15 is 0 Å². The molecule has 0 amide bonds. The van der Waals surface area contributed by atoms with Crippen molar-refractivity contribution in [3.05, 3.63) is 33.0 Å². The van der Waals surface area contributed by atoms with Crippen molar-refractivity contribution < 1.29 is 27.1 Å². The van der Waals surface area contributed by atoms with Crippen molar-refractivity contribution >= 4 is 33.3 Å².